The number of amides is 1. The van der Waals surface area contributed by atoms with Gasteiger partial charge in [0.15, 0.2) is 18.1 Å². The number of ether oxygens (including phenoxy) is 2. The van der Waals surface area contributed by atoms with Crippen LogP contribution in [-0.4, -0.2) is 40.8 Å². The topological polar surface area (TPSA) is 77.7 Å². The van der Waals surface area contributed by atoms with Gasteiger partial charge in [0.25, 0.3) is 5.91 Å². The summed E-state index contributed by atoms with van der Waals surface area (Å²) in [5.41, 5.74) is 1.80. The second kappa shape index (κ2) is 10.8. The Balaban J connectivity index is 1.66. The molecule has 1 heterocycles. The second-order valence-corrected chi connectivity index (χ2v) is 7.83. The molecule has 8 heteroatoms. The van der Waals surface area contributed by atoms with Gasteiger partial charge in [0.2, 0.25) is 11.8 Å². The molecule has 0 aliphatic carbocycles. The van der Waals surface area contributed by atoms with Crippen LogP contribution in [0.15, 0.2) is 59.5 Å². The maximum atomic E-state index is 12.9. The van der Waals surface area contributed by atoms with Gasteiger partial charge in [-0.15, -0.1) is 16.8 Å². The Labute approximate surface area is 192 Å². The molecule has 3 aromatic rings. The van der Waals surface area contributed by atoms with E-state index in [0.717, 1.165) is 17.5 Å². The predicted molar refractivity (Wildman–Crippen MR) is 123 cm³/mol. The number of rotatable bonds is 10. The fraction of sp³-hybridized carbons (Fsp3) is 0.292. The summed E-state index contributed by atoms with van der Waals surface area (Å²) in [4.78, 5) is 14.5. The number of hydrogen-bond acceptors (Lipinski definition) is 6. The number of nitrogens with zero attached hydrogens (tertiary/aromatic N) is 3. The van der Waals surface area contributed by atoms with Crippen LogP contribution in [0.5, 0.6) is 11.5 Å². The van der Waals surface area contributed by atoms with Gasteiger partial charge in [-0.05, 0) is 62.2 Å². The molecule has 1 amide bonds. The molecule has 0 N–H and O–H groups in total. The van der Waals surface area contributed by atoms with E-state index in [2.05, 4.69) is 16.8 Å². The first-order valence-corrected chi connectivity index (χ1v) is 10.6. The normalized spacial score (nSPS) is 10.8. The van der Waals surface area contributed by atoms with Crippen molar-refractivity contribution < 1.29 is 18.7 Å². The van der Waals surface area contributed by atoms with Crippen LogP contribution in [-0.2, 0) is 17.8 Å². The molecule has 32 heavy (non-hydrogen) atoms. The maximum absolute atomic E-state index is 12.9. The van der Waals surface area contributed by atoms with Crippen molar-refractivity contribution in [2.75, 3.05) is 13.7 Å². The number of carbonyl (C=O) groups is 1. The highest BCUT2D eigenvalue weighted by molar-refractivity contribution is 6.30. The summed E-state index contributed by atoms with van der Waals surface area (Å²) in [7, 11) is 1.57. The lowest BCUT2D eigenvalue weighted by Crippen LogP contribution is -2.39. The van der Waals surface area contributed by atoms with E-state index < -0.39 is 0 Å². The largest absolute Gasteiger partial charge is 0.493 e. The highest BCUT2D eigenvalue weighted by Crippen LogP contribution is 2.28. The molecule has 0 unspecified atom stereocenters. The van der Waals surface area contributed by atoms with Gasteiger partial charge in [0.1, 0.15) is 0 Å². The summed E-state index contributed by atoms with van der Waals surface area (Å²) >= 11 is 5.92. The average Bonchev–Trinajstić information content (AvgIpc) is 3.25. The standard InChI is InChI=1S/C24H26ClN3O4/c1-5-6-17-7-12-20(21(13-17)30-4)31-15-23(29)28(16(2)3)14-22-26-27-24(32-22)18-8-10-19(25)11-9-18/h5,7-13,16H,1,6,14-15H2,2-4H3. The van der Waals surface area contributed by atoms with Gasteiger partial charge in [-0.3, -0.25) is 4.79 Å². The van der Waals surface area contributed by atoms with Crippen molar-refractivity contribution in [1.82, 2.24) is 15.1 Å². The third-order valence-electron chi connectivity index (χ3n) is 4.77. The Hall–Kier alpha value is -3.32. The van der Waals surface area contributed by atoms with Crippen molar-refractivity contribution in [3.05, 3.63) is 71.6 Å². The molecule has 2 aromatic carbocycles. The minimum absolute atomic E-state index is 0.0890. The average molecular weight is 456 g/mol. The van der Waals surface area contributed by atoms with Crippen molar-refractivity contribution in [1.29, 1.82) is 0 Å². The van der Waals surface area contributed by atoms with Crippen molar-refractivity contribution >= 4 is 17.5 Å². The Morgan fingerprint density at radius 1 is 1.19 bits per heavy atom. The fourth-order valence-electron chi connectivity index (χ4n) is 3.08. The molecule has 0 saturated heterocycles. The smallest absolute Gasteiger partial charge is 0.261 e. The molecule has 0 saturated carbocycles. The molecule has 0 atom stereocenters. The molecule has 168 valence electrons. The van der Waals surface area contributed by atoms with E-state index in [-0.39, 0.29) is 25.1 Å². The first kappa shape index (κ1) is 23.3. The summed E-state index contributed by atoms with van der Waals surface area (Å²) in [5.74, 6) is 1.57. The zero-order valence-electron chi connectivity index (χ0n) is 18.4. The van der Waals surface area contributed by atoms with Crippen molar-refractivity contribution in [3.63, 3.8) is 0 Å². The van der Waals surface area contributed by atoms with Gasteiger partial charge in [-0.2, -0.15) is 0 Å². The number of carbonyl (C=O) groups excluding carboxylic acids is 1. The highest BCUT2D eigenvalue weighted by Gasteiger charge is 2.22. The lowest BCUT2D eigenvalue weighted by molar-refractivity contribution is -0.136. The fourth-order valence-corrected chi connectivity index (χ4v) is 3.20. The van der Waals surface area contributed by atoms with Gasteiger partial charge in [-0.1, -0.05) is 23.7 Å². The van der Waals surface area contributed by atoms with Crippen LogP contribution in [0.4, 0.5) is 0 Å². The number of hydrogen-bond donors (Lipinski definition) is 0. The summed E-state index contributed by atoms with van der Waals surface area (Å²) in [6.45, 7) is 7.60. The lowest BCUT2D eigenvalue weighted by atomic mass is 10.1. The van der Waals surface area contributed by atoms with Crippen molar-refractivity contribution in [2.24, 2.45) is 0 Å². The molecule has 0 bridgehead atoms. The number of benzene rings is 2. The van der Waals surface area contributed by atoms with Crippen LogP contribution in [0.1, 0.15) is 25.3 Å². The molecule has 0 spiro atoms. The molecular formula is C24H26ClN3O4. The molecule has 0 fully saturated rings. The number of halogens is 1. The van der Waals surface area contributed by atoms with Crippen LogP contribution in [0.25, 0.3) is 11.5 Å². The Kier molecular flexibility index (Phi) is 7.89. The van der Waals surface area contributed by atoms with Gasteiger partial charge >= 0.3 is 0 Å². The van der Waals surface area contributed by atoms with E-state index in [4.69, 9.17) is 25.5 Å². The summed E-state index contributed by atoms with van der Waals surface area (Å²) < 4.78 is 16.9. The maximum Gasteiger partial charge on any atom is 0.261 e. The van der Waals surface area contributed by atoms with Gasteiger partial charge < -0.3 is 18.8 Å². The highest BCUT2D eigenvalue weighted by atomic mass is 35.5. The summed E-state index contributed by atoms with van der Waals surface area (Å²) in [5, 5.41) is 8.78. The Morgan fingerprint density at radius 3 is 2.59 bits per heavy atom. The van der Waals surface area contributed by atoms with E-state index in [1.807, 2.05) is 32.1 Å². The molecule has 1 aromatic heterocycles. The number of methoxy groups -OCH3 is 1. The van der Waals surface area contributed by atoms with Crippen molar-refractivity contribution in [3.8, 4) is 23.0 Å². The van der Waals surface area contributed by atoms with Crippen LogP contribution < -0.4 is 9.47 Å². The molecule has 0 aliphatic heterocycles. The number of aromatic nitrogens is 2. The molecular weight excluding hydrogens is 430 g/mol. The zero-order valence-corrected chi connectivity index (χ0v) is 19.1. The van der Waals surface area contributed by atoms with Crippen LogP contribution in [0.2, 0.25) is 5.02 Å². The first-order valence-electron chi connectivity index (χ1n) is 10.2. The number of allylic oxidation sites excluding steroid dienone is 1. The Morgan fingerprint density at radius 2 is 1.94 bits per heavy atom. The van der Waals surface area contributed by atoms with Crippen LogP contribution in [0, 0.1) is 0 Å². The minimum Gasteiger partial charge on any atom is -0.493 e. The monoisotopic (exact) mass is 455 g/mol. The SMILES string of the molecule is C=CCc1ccc(OCC(=O)N(Cc2nnc(-c3ccc(Cl)cc3)o2)C(C)C)c(OC)c1. The predicted octanol–water partition coefficient (Wildman–Crippen LogP) is 4.94. The van der Waals surface area contributed by atoms with E-state index in [9.17, 15) is 4.79 Å². The van der Waals surface area contributed by atoms with E-state index in [1.54, 1.807) is 42.3 Å². The molecule has 0 aliphatic rings. The lowest BCUT2D eigenvalue weighted by Gasteiger charge is -2.25. The Bertz CT molecular complexity index is 1060. The van der Waals surface area contributed by atoms with Crippen molar-refractivity contribution in [2.45, 2.75) is 32.9 Å². The first-order chi connectivity index (χ1) is 15.4. The van der Waals surface area contributed by atoms with Crippen LogP contribution >= 0.6 is 11.6 Å². The third kappa shape index (κ3) is 5.88. The quantitative estimate of drug-likeness (QED) is 0.403. The summed E-state index contributed by atoms with van der Waals surface area (Å²) in [6, 6.07) is 12.6. The summed E-state index contributed by atoms with van der Waals surface area (Å²) in [6.07, 6.45) is 2.54. The zero-order chi connectivity index (χ0) is 23.1. The molecule has 0 radical (unpaired) electrons. The van der Waals surface area contributed by atoms with Crippen LogP contribution in [0.3, 0.4) is 0 Å². The van der Waals surface area contributed by atoms with Gasteiger partial charge in [0.05, 0.1) is 13.7 Å². The molecule has 7 nitrogen and oxygen atoms in total. The second-order valence-electron chi connectivity index (χ2n) is 7.39. The van der Waals surface area contributed by atoms with E-state index >= 15 is 0 Å². The van der Waals surface area contributed by atoms with E-state index in [0.29, 0.717) is 28.3 Å². The van der Waals surface area contributed by atoms with E-state index in [1.165, 1.54) is 0 Å². The third-order valence-corrected chi connectivity index (χ3v) is 5.02. The minimum atomic E-state index is -0.205. The van der Waals surface area contributed by atoms with Gasteiger partial charge in [0, 0.05) is 16.6 Å². The molecule has 3 rings (SSSR count). The van der Waals surface area contributed by atoms with Gasteiger partial charge in [-0.25, -0.2) is 0 Å².